The number of hydrogen-bond donors (Lipinski definition) is 0. The summed E-state index contributed by atoms with van der Waals surface area (Å²) in [4.78, 5) is 0. The van der Waals surface area contributed by atoms with E-state index in [2.05, 4.69) is 5.10 Å². The van der Waals surface area contributed by atoms with Crippen molar-refractivity contribution in [2.75, 3.05) is 6.61 Å². The van der Waals surface area contributed by atoms with E-state index in [1.54, 1.807) is 6.92 Å². The van der Waals surface area contributed by atoms with Crippen molar-refractivity contribution in [3.8, 4) is 0 Å². The number of aromatic nitrogens is 2. The molecule has 0 amide bonds. The van der Waals surface area contributed by atoms with Crippen molar-refractivity contribution in [2.45, 2.75) is 20.1 Å². The summed E-state index contributed by atoms with van der Waals surface area (Å²) in [7, 11) is 0. The van der Waals surface area contributed by atoms with Gasteiger partial charge in [-0.25, -0.2) is 0 Å². The molecule has 1 rings (SSSR count). The van der Waals surface area contributed by atoms with Gasteiger partial charge in [-0.3, -0.25) is 4.68 Å². The third kappa shape index (κ3) is 4.20. The van der Waals surface area contributed by atoms with E-state index in [9.17, 15) is 12.9 Å². The second-order valence-corrected chi connectivity index (χ2v) is 2.83. The molecule has 0 aliphatic heterocycles. The molecule has 0 spiro atoms. The van der Waals surface area contributed by atoms with E-state index in [1.165, 1.54) is 6.92 Å². The van der Waals surface area contributed by atoms with E-state index in [4.69, 9.17) is 4.74 Å². The van der Waals surface area contributed by atoms with Crippen LogP contribution < -0.4 is 57.0 Å². The molecule has 1 aromatic heterocycles. The van der Waals surface area contributed by atoms with E-state index in [0.29, 0.717) is 6.61 Å². The molecule has 8 heteroatoms. The van der Waals surface area contributed by atoms with Crippen molar-refractivity contribution in [1.82, 2.24) is 9.78 Å². The maximum atomic E-state index is 12.4. The molecule has 1 unspecified atom stereocenters. The number of ether oxygens (including phenoxy) is 1. The summed E-state index contributed by atoms with van der Waals surface area (Å²) >= 11 is 0. The van der Waals surface area contributed by atoms with Crippen molar-refractivity contribution in [3.63, 3.8) is 0 Å². The van der Waals surface area contributed by atoms with Crippen LogP contribution in [-0.2, 0) is 4.74 Å². The van der Waals surface area contributed by atoms with Gasteiger partial charge in [-0.05, 0) is 19.4 Å². The average Bonchev–Trinajstić information content (AvgIpc) is 2.50. The zero-order chi connectivity index (χ0) is 10.8. The van der Waals surface area contributed by atoms with Gasteiger partial charge in [-0.2, -0.15) is 5.10 Å². The van der Waals surface area contributed by atoms with E-state index in [1.807, 2.05) is 0 Å². The van der Waals surface area contributed by atoms with Gasteiger partial charge in [0.25, 0.3) is 0 Å². The fourth-order valence-corrected chi connectivity index (χ4v) is 1.20. The van der Waals surface area contributed by atoms with E-state index >= 15 is 0 Å². The Hall–Kier alpha value is 0.661. The smallest absolute Gasteiger partial charge is 0.444 e. The predicted molar refractivity (Wildman–Crippen MR) is 47.3 cm³/mol. The molecule has 0 bridgehead atoms. The second kappa shape index (κ2) is 6.41. The van der Waals surface area contributed by atoms with Crippen LogP contribution in [0.15, 0.2) is 12.3 Å². The molecule has 0 radical (unpaired) electrons. The van der Waals surface area contributed by atoms with E-state index < -0.39 is 18.8 Å². The Balaban J connectivity index is 0.00000196. The third-order valence-corrected chi connectivity index (χ3v) is 1.79. The Labute approximate surface area is 129 Å². The summed E-state index contributed by atoms with van der Waals surface area (Å²) in [5.74, 6) is 0. The molecule has 1 aromatic rings. The molecule has 15 heavy (non-hydrogen) atoms. The quantitative estimate of drug-likeness (QED) is 0.604. The van der Waals surface area contributed by atoms with Crippen LogP contribution in [0.25, 0.3) is 0 Å². The van der Waals surface area contributed by atoms with Gasteiger partial charge in [0, 0.05) is 12.8 Å². The zero-order valence-corrected chi connectivity index (χ0v) is 12.1. The first-order chi connectivity index (χ1) is 6.46. The van der Waals surface area contributed by atoms with Crippen molar-refractivity contribution >= 4 is 12.6 Å². The summed E-state index contributed by atoms with van der Waals surface area (Å²) < 4.78 is 43.2. The standard InChI is InChI=1S/C7H11BF3N2O.K/c1-3-14-6(2)13-7(4-5-12-13)8(9,10)11;/h4-6H,3H2,1-2H3;/q-1;+1. The number of halogens is 3. The van der Waals surface area contributed by atoms with Crippen LogP contribution in [-0.4, -0.2) is 23.4 Å². The number of hydrogen-bond acceptors (Lipinski definition) is 2. The monoisotopic (exact) mass is 246 g/mol. The summed E-state index contributed by atoms with van der Waals surface area (Å²) in [6.07, 6.45) is 0.439. The second-order valence-electron chi connectivity index (χ2n) is 2.83. The summed E-state index contributed by atoms with van der Waals surface area (Å²) in [5.41, 5.74) is -0.731. The van der Waals surface area contributed by atoms with Gasteiger partial charge in [0.2, 0.25) is 0 Å². The van der Waals surface area contributed by atoms with Gasteiger partial charge in [0.05, 0.1) is 0 Å². The Kier molecular flexibility index (Phi) is 6.69. The van der Waals surface area contributed by atoms with Gasteiger partial charge in [0.15, 0.2) is 0 Å². The molecule has 0 saturated heterocycles. The van der Waals surface area contributed by atoms with Gasteiger partial charge < -0.3 is 17.7 Å². The first-order valence-electron chi connectivity index (χ1n) is 4.31. The molecular formula is C7H11BF3KN2O. The van der Waals surface area contributed by atoms with Crippen molar-refractivity contribution in [3.05, 3.63) is 12.3 Å². The molecule has 0 N–H and O–H groups in total. The van der Waals surface area contributed by atoms with Gasteiger partial charge >= 0.3 is 58.4 Å². The Morgan fingerprint density at radius 3 is 2.60 bits per heavy atom. The van der Waals surface area contributed by atoms with E-state index in [0.717, 1.165) is 16.9 Å². The van der Waals surface area contributed by atoms with Gasteiger partial charge in [0.1, 0.15) is 6.23 Å². The van der Waals surface area contributed by atoms with Gasteiger partial charge in [-0.1, -0.05) is 6.07 Å². The van der Waals surface area contributed by atoms with Crippen LogP contribution in [0.1, 0.15) is 20.1 Å². The summed E-state index contributed by atoms with van der Waals surface area (Å²) in [5, 5.41) is 3.59. The number of nitrogens with zero attached hydrogens (tertiary/aromatic N) is 2. The predicted octanol–water partition coefficient (Wildman–Crippen LogP) is -1.50. The Morgan fingerprint density at radius 1 is 1.53 bits per heavy atom. The number of rotatable bonds is 4. The molecule has 0 saturated carbocycles. The zero-order valence-electron chi connectivity index (χ0n) is 8.95. The Morgan fingerprint density at radius 2 is 2.13 bits per heavy atom. The molecular weight excluding hydrogens is 235 g/mol. The SMILES string of the molecule is CCOC(C)n1nccc1[B-](F)(F)F.[K+]. The van der Waals surface area contributed by atoms with Crippen molar-refractivity contribution in [1.29, 1.82) is 0 Å². The minimum Gasteiger partial charge on any atom is -0.444 e. The molecule has 0 aliphatic carbocycles. The maximum Gasteiger partial charge on any atom is 1.00 e. The molecule has 0 aromatic carbocycles. The summed E-state index contributed by atoms with van der Waals surface area (Å²) in [6, 6.07) is 0.954. The normalized spacial score (nSPS) is 13.4. The van der Waals surface area contributed by atoms with E-state index in [-0.39, 0.29) is 51.4 Å². The van der Waals surface area contributed by atoms with Crippen LogP contribution in [0.4, 0.5) is 12.9 Å². The molecule has 0 aliphatic rings. The van der Waals surface area contributed by atoms with Crippen LogP contribution in [0, 0.1) is 0 Å². The molecule has 1 heterocycles. The van der Waals surface area contributed by atoms with Crippen LogP contribution in [0.5, 0.6) is 0 Å². The minimum atomic E-state index is -5.02. The van der Waals surface area contributed by atoms with Crippen molar-refractivity contribution in [2.24, 2.45) is 0 Å². The van der Waals surface area contributed by atoms with Crippen LogP contribution in [0.3, 0.4) is 0 Å². The van der Waals surface area contributed by atoms with Crippen LogP contribution in [0.2, 0.25) is 0 Å². The maximum absolute atomic E-state index is 12.4. The topological polar surface area (TPSA) is 27.1 Å². The first-order valence-corrected chi connectivity index (χ1v) is 4.31. The fourth-order valence-electron chi connectivity index (χ4n) is 1.20. The minimum absolute atomic E-state index is 0. The fraction of sp³-hybridized carbons (Fsp3) is 0.571. The van der Waals surface area contributed by atoms with Crippen molar-refractivity contribution < 1.29 is 69.1 Å². The summed E-state index contributed by atoms with van der Waals surface area (Å²) in [6.45, 7) is -1.42. The molecule has 0 fully saturated rings. The molecule has 80 valence electrons. The van der Waals surface area contributed by atoms with Crippen LogP contribution >= 0.6 is 0 Å². The molecule has 3 nitrogen and oxygen atoms in total. The van der Waals surface area contributed by atoms with Gasteiger partial charge in [-0.15, -0.1) is 0 Å². The Bertz CT molecular complexity index is 305. The third-order valence-electron chi connectivity index (χ3n) is 1.79. The largest absolute Gasteiger partial charge is 1.00 e. The molecule has 1 atom stereocenters. The first kappa shape index (κ1) is 15.7. The average molecular weight is 246 g/mol.